The van der Waals surface area contributed by atoms with Crippen LogP contribution in [0.3, 0.4) is 0 Å². The highest BCUT2D eigenvalue weighted by atomic mass is 19.1. The zero-order valence-corrected chi connectivity index (χ0v) is 13.7. The molecule has 0 radical (unpaired) electrons. The zero-order valence-electron chi connectivity index (χ0n) is 13.7. The third-order valence-electron chi connectivity index (χ3n) is 3.66. The third-order valence-corrected chi connectivity index (χ3v) is 3.66. The lowest BCUT2D eigenvalue weighted by atomic mass is 10.1. The van der Waals surface area contributed by atoms with Gasteiger partial charge in [0.1, 0.15) is 12.4 Å². The third kappa shape index (κ3) is 3.29. The number of halogens is 1. The average Bonchev–Trinajstić information content (AvgIpc) is 2.61. The molecule has 0 aliphatic carbocycles. The molecule has 1 aliphatic rings. The largest absolute Gasteiger partial charge is 0.466 e. The number of hydrogen-bond acceptors (Lipinski definition) is 8. The maximum absolute atomic E-state index is 14.3. The first-order valence-electron chi connectivity index (χ1n) is 7.02. The van der Waals surface area contributed by atoms with Gasteiger partial charge in [0.05, 0.1) is 31.3 Å². The molecule has 9 nitrogen and oxygen atoms in total. The molecule has 0 N–H and O–H groups in total. The van der Waals surface area contributed by atoms with Gasteiger partial charge < -0.3 is 19.1 Å². The Kier molecular flexibility index (Phi) is 5.32. The van der Waals surface area contributed by atoms with Crippen molar-refractivity contribution in [3.63, 3.8) is 0 Å². The normalized spacial score (nSPS) is 14.3. The van der Waals surface area contributed by atoms with Crippen LogP contribution in [0.5, 0.6) is 0 Å². The van der Waals surface area contributed by atoms with Crippen molar-refractivity contribution in [1.29, 1.82) is 0 Å². The molecular weight excluding hydrogens is 339 g/mol. The minimum atomic E-state index is -1.04. The van der Waals surface area contributed by atoms with E-state index in [2.05, 4.69) is 4.74 Å². The highest BCUT2D eigenvalue weighted by Crippen LogP contribution is 2.33. The van der Waals surface area contributed by atoms with Crippen molar-refractivity contribution < 1.29 is 33.1 Å². The number of carbonyl (C=O) groups excluding carboxylic acids is 2. The van der Waals surface area contributed by atoms with Gasteiger partial charge in [0, 0.05) is 17.3 Å². The summed E-state index contributed by atoms with van der Waals surface area (Å²) in [6.07, 6.45) is 0. The van der Waals surface area contributed by atoms with Crippen LogP contribution in [-0.4, -0.2) is 44.4 Å². The fourth-order valence-electron chi connectivity index (χ4n) is 2.43. The van der Waals surface area contributed by atoms with Crippen LogP contribution in [0.4, 0.5) is 15.8 Å². The summed E-state index contributed by atoms with van der Waals surface area (Å²) in [5.74, 6) is -2.69. The molecule has 0 atom stereocenters. The molecule has 0 amide bonds. The highest BCUT2D eigenvalue weighted by molar-refractivity contribution is 6.03. The number of ether oxygens (including phenoxy) is 3. The Balaban J connectivity index is 2.64. The van der Waals surface area contributed by atoms with Gasteiger partial charge in [0.2, 0.25) is 5.82 Å². The van der Waals surface area contributed by atoms with Crippen LogP contribution in [-0.2, 0) is 23.8 Å². The first-order chi connectivity index (χ1) is 11.8. The topological polar surface area (TPSA) is 108 Å². The lowest BCUT2D eigenvalue weighted by Gasteiger charge is -2.32. The van der Waals surface area contributed by atoms with E-state index < -0.39 is 28.4 Å². The van der Waals surface area contributed by atoms with Gasteiger partial charge >= 0.3 is 17.6 Å². The number of carbonyl (C=O) groups is 2. The van der Waals surface area contributed by atoms with Gasteiger partial charge in [0.25, 0.3) is 0 Å². The maximum Gasteiger partial charge on any atom is 0.355 e. The van der Waals surface area contributed by atoms with E-state index in [1.807, 2.05) is 0 Å². The summed E-state index contributed by atoms with van der Waals surface area (Å²) in [4.78, 5) is 35.3. The Morgan fingerprint density at radius 1 is 1.28 bits per heavy atom. The van der Waals surface area contributed by atoms with Gasteiger partial charge in [0.15, 0.2) is 0 Å². The SMILES string of the molecule is COC(=O)C1=C(C(=O)OC)N(c2ccc([N+](=O)[O-])c(F)c2C)COC1. The van der Waals surface area contributed by atoms with Crippen molar-refractivity contribution in [3.05, 3.63) is 44.9 Å². The van der Waals surface area contributed by atoms with Gasteiger partial charge in [-0.25, -0.2) is 9.59 Å². The zero-order chi connectivity index (χ0) is 18.7. The smallest absolute Gasteiger partial charge is 0.355 e. The number of nitro groups is 1. The Labute approximate surface area is 141 Å². The summed E-state index contributed by atoms with van der Waals surface area (Å²) in [5, 5.41) is 10.8. The quantitative estimate of drug-likeness (QED) is 0.454. The van der Waals surface area contributed by atoms with E-state index in [-0.39, 0.29) is 35.9 Å². The Morgan fingerprint density at radius 2 is 1.92 bits per heavy atom. The molecule has 1 aliphatic heterocycles. The number of nitrogens with zero attached hydrogens (tertiary/aromatic N) is 2. The second-order valence-corrected chi connectivity index (χ2v) is 5.02. The Hall–Kier alpha value is -3.01. The molecular formula is C15H15FN2O7. The molecule has 0 bridgehead atoms. The summed E-state index contributed by atoms with van der Waals surface area (Å²) in [5.41, 5.74) is -0.915. The molecule has 1 aromatic carbocycles. The second-order valence-electron chi connectivity index (χ2n) is 5.02. The van der Waals surface area contributed by atoms with Crippen LogP contribution >= 0.6 is 0 Å². The van der Waals surface area contributed by atoms with Gasteiger partial charge in [-0.05, 0) is 13.0 Å². The fraction of sp³-hybridized carbons (Fsp3) is 0.333. The van der Waals surface area contributed by atoms with Crippen molar-refractivity contribution in [2.45, 2.75) is 6.92 Å². The number of anilines is 1. The van der Waals surface area contributed by atoms with Crippen LogP contribution in [0.1, 0.15) is 5.56 Å². The van der Waals surface area contributed by atoms with Crippen LogP contribution in [0, 0.1) is 22.9 Å². The molecule has 10 heteroatoms. The number of hydrogen-bond donors (Lipinski definition) is 0. The van der Waals surface area contributed by atoms with E-state index in [0.717, 1.165) is 20.3 Å². The van der Waals surface area contributed by atoms with Gasteiger partial charge in [-0.15, -0.1) is 0 Å². The molecule has 25 heavy (non-hydrogen) atoms. The van der Waals surface area contributed by atoms with E-state index in [9.17, 15) is 24.1 Å². The Bertz CT molecular complexity index is 775. The van der Waals surface area contributed by atoms with Crippen LogP contribution in [0.2, 0.25) is 0 Å². The van der Waals surface area contributed by atoms with Crippen molar-refractivity contribution in [1.82, 2.24) is 0 Å². The van der Waals surface area contributed by atoms with Gasteiger partial charge in [-0.1, -0.05) is 0 Å². The van der Waals surface area contributed by atoms with Crippen LogP contribution < -0.4 is 4.90 Å². The summed E-state index contributed by atoms with van der Waals surface area (Å²) in [6, 6.07) is 2.24. The number of benzene rings is 1. The molecule has 0 aromatic heterocycles. The van der Waals surface area contributed by atoms with Crippen molar-refractivity contribution >= 4 is 23.3 Å². The molecule has 0 unspecified atom stereocenters. The van der Waals surface area contributed by atoms with Crippen LogP contribution in [0.15, 0.2) is 23.4 Å². The van der Waals surface area contributed by atoms with Gasteiger partial charge in [-0.2, -0.15) is 4.39 Å². The van der Waals surface area contributed by atoms with Crippen molar-refractivity contribution in [2.24, 2.45) is 0 Å². The van der Waals surface area contributed by atoms with E-state index in [1.165, 1.54) is 17.9 Å². The average molecular weight is 354 g/mol. The lowest BCUT2D eigenvalue weighted by Crippen LogP contribution is -2.39. The van der Waals surface area contributed by atoms with E-state index >= 15 is 0 Å². The minimum Gasteiger partial charge on any atom is -0.466 e. The monoisotopic (exact) mass is 354 g/mol. The molecule has 1 aromatic rings. The Morgan fingerprint density at radius 3 is 2.48 bits per heavy atom. The van der Waals surface area contributed by atoms with E-state index in [1.54, 1.807) is 0 Å². The lowest BCUT2D eigenvalue weighted by molar-refractivity contribution is -0.387. The number of nitro benzene ring substituents is 1. The summed E-state index contributed by atoms with van der Waals surface area (Å²) >= 11 is 0. The second kappa shape index (κ2) is 7.26. The predicted molar refractivity (Wildman–Crippen MR) is 82.1 cm³/mol. The molecule has 0 saturated carbocycles. The van der Waals surface area contributed by atoms with Crippen molar-refractivity contribution in [2.75, 3.05) is 32.5 Å². The molecule has 134 valence electrons. The minimum absolute atomic E-state index is 0.0784. The summed E-state index contributed by atoms with van der Waals surface area (Å²) < 4.78 is 28.9. The first-order valence-corrected chi connectivity index (χ1v) is 7.02. The first kappa shape index (κ1) is 18.3. The molecule has 1 heterocycles. The molecule has 2 rings (SSSR count). The molecule has 0 saturated heterocycles. The van der Waals surface area contributed by atoms with Crippen molar-refractivity contribution in [3.8, 4) is 0 Å². The highest BCUT2D eigenvalue weighted by Gasteiger charge is 2.34. The summed E-state index contributed by atoms with van der Waals surface area (Å²) in [7, 11) is 2.27. The standard InChI is InChI=1S/C15H15FN2O7/c1-8-10(4-5-11(12(8)16)18(21)22)17-7-25-6-9(14(19)23-2)13(17)15(20)24-3/h4-5H,6-7H2,1-3H3. The molecule has 0 fully saturated rings. The predicted octanol–water partition coefficient (Wildman–Crippen LogP) is 1.44. The van der Waals surface area contributed by atoms with Crippen LogP contribution in [0.25, 0.3) is 0 Å². The number of methoxy groups -OCH3 is 2. The van der Waals surface area contributed by atoms with Gasteiger partial charge in [-0.3, -0.25) is 10.1 Å². The number of rotatable bonds is 4. The maximum atomic E-state index is 14.3. The number of esters is 2. The fourth-order valence-corrected chi connectivity index (χ4v) is 2.43. The van der Waals surface area contributed by atoms with E-state index in [0.29, 0.717) is 0 Å². The van der Waals surface area contributed by atoms with E-state index in [4.69, 9.17) is 9.47 Å². The summed E-state index contributed by atoms with van der Waals surface area (Å²) in [6.45, 7) is 0.949. The molecule has 0 spiro atoms.